The van der Waals surface area contributed by atoms with Crippen molar-refractivity contribution in [3.8, 4) is 17.6 Å². The van der Waals surface area contributed by atoms with Crippen molar-refractivity contribution in [1.82, 2.24) is 5.32 Å². The lowest BCUT2D eigenvalue weighted by Crippen LogP contribution is -2.31. The first-order chi connectivity index (χ1) is 14.1. The molecule has 5 nitrogen and oxygen atoms in total. The van der Waals surface area contributed by atoms with Gasteiger partial charge in [0.15, 0.2) is 0 Å². The Kier molecular flexibility index (Phi) is 7.45. The van der Waals surface area contributed by atoms with Gasteiger partial charge in [0.1, 0.15) is 11.5 Å². The van der Waals surface area contributed by atoms with E-state index in [0.29, 0.717) is 40.3 Å². The zero-order valence-electron chi connectivity index (χ0n) is 16.0. The molecule has 7 heteroatoms. The summed E-state index contributed by atoms with van der Waals surface area (Å²) >= 11 is 7.49. The molecule has 29 heavy (non-hydrogen) atoms. The average molecular weight is 429 g/mol. The van der Waals surface area contributed by atoms with Gasteiger partial charge in [-0.25, -0.2) is 0 Å². The van der Waals surface area contributed by atoms with Gasteiger partial charge in [-0.05, 0) is 36.8 Å². The normalized spacial score (nSPS) is 16.2. The maximum Gasteiger partial charge on any atom is 0.225 e. The summed E-state index contributed by atoms with van der Waals surface area (Å²) in [5.74, 6) is 1.59. The number of allylic oxidation sites excluding steroid dienone is 1. The summed E-state index contributed by atoms with van der Waals surface area (Å²) < 4.78 is 11.2. The van der Waals surface area contributed by atoms with Gasteiger partial charge in [0, 0.05) is 18.1 Å². The summed E-state index contributed by atoms with van der Waals surface area (Å²) in [7, 11) is 0. The zero-order chi connectivity index (χ0) is 20.6. The van der Waals surface area contributed by atoms with E-state index >= 15 is 0 Å². The molecule has 2 aromatic rings. The van der Waals surface area contributed by atoms with Crippen molar-refractivity contribution in [1.29, 1.82) is 5.26 Å². The number of nitrogens with one attached hydrogen (secondary N) is 1. The molecule has 1 aliphatic heterocycles. The Bertz CT molecular complexity index is 938. The minimum absolute atomic E-state index is 0.0996. The van der Waals surface area contributed by atoms with Crippen molar-refractivity contribution in [2.24, 2.45) is 0 Å². The third-order valence-electron chi connectivity index (χ3n) is 4.37. The van der Waals surface area contributed by atoms with E-state index in [0.717, 1.165) is 11.3 Å². The summed E-state index contributed by atoms with van der Waals surface area (Å²) in [5, 5.41) is 13.7. The van der Waals surface area contributed by atoms with Crippen molar-refractivity contribution in [3.63, 3.8) is 0 Å². The van der Waals surface area contributed by atoms with Crippen LogP contribution in [0.25, 0.3) is 0 Å². The molecular formula is C22H21ClN2O3S. The van der Waals surface area contributed by atoms with Gasteiger partial charge in [0.2, 0.25) is 5.91 Å². The number of para-hydroxylation sites is 1. The lowest BCUT2D eigenvalue weighted by atomic mass is 9.87. The van der Waals surface area contributed by atoms with Crippen LogP contribution < -0.4 is 14.8 Å². The summed E-state index contributed by atoms with van der Waals surface area (Å²) in [6, 6.07) is 17.1. The Balaban J connectivity index is 1.69. The van der Waals surface area contributed by atoms with E-state index in [4.69, 9.17) is 21.1 Å². The van der Waals surface area contributed by atoms with Crippen molar-refractivity contribution in [2.75, 3.05) is 19.0 Å². The quantitative estimate of drug-likeness (QED) is 0.606. The van der Waals surface area contributed by atoms with E-state index in [9.17, 15) is 10.1 Å². The molecule has 0 saturated heterocycles. The molecule has 0 spiro atoms. The zero-order valence-corrected chi connectivity index (χ0v) is 17.6. The number of halogens is 1. The van der Waals surface area contributed by atoms with Crippen molar-refractivity contribution in [3.05, 3.63) is 69.7 Å². The van der Waals surface area contributed by atoms with Gasteiger partial charge in [-0.3, -0.25) is 4.79 Å². The van der Waals surface area contributed by atoms with E-state index in [1.807, 2.05) is 43.3 Å². The summed E-state index contributed by atoms with van der Waals surface area (Å²) in [6.45, 7) is 2.92. The van der Waals surface area contributed by atoms with E-state index in [2.05, 4.69) is 11.4 Å². The third-order valence-corrected chi connectivity index (χ3v) is 5.67. The topological polar surface area (TPSA) is 71.3 Å². The molecule has 0 aliphatic carbocycles. The fourth-order valence-electron chi connectivity index (χ4n) is 3.04. The van der Waals surface area contributed by atoms with Crippen molar-refractivity contribution < 1.29 is 14.3 Å². The maximum absolute atomic E-state index is 12.2. The van der Waals surface area contributed by atoms with Crippen LogP contribution in [0.15, 0.2) is 59.1 Å². The second kappa shape index (κ2) is 10.2. The van der Waals surface area contributed by atoms with Crippen LogP contribution in [-0.4, -0.2) is 24.9 Å². The van der Waals surface area contributed by atoms with Crippen LogP contribution in [0.3, 0.4) is 0 Å². The highest BCUT2D eigenvalue weighted by atomic mass is 35.5. The molecule has 0 radical (unpaired) electrons. The number of thioether (sulfide) groups is 1. The first-order valence-corrected chi connectivity index (χ1v) is 10.7. The van der Waals surface area contributed by atoms with Gasteiger partial charge >= 0.3 is 0 Å². The predicted octanol–water partition coefficient (Wildman–Crippen LogP) is 4.89. The number of benzene rings is 2. The van der Waals surface area contributed by atoms with Crippen molar-refractivity contribution >= 4 is 29.3 Å². The highest BCUT2D eigenvalue weighted by molar-refractivity contribution is 8.03. The van der Waals surface area contributed by atoms with Crippen LogP contribution in [0.1, 0.15) is 24.8 Å². The van der Waals surface area contributed by atoms with Crippen LogP contribution in [-0.2, 0) is 4.79 Å². The number of rotatable bonds is 8. The Labute approximate surface area is 179 Å². The fourth-order valence-corrected chi connectivity index (χ4v) is 4.13. The molecule has 0 fully saturated rings. The summed E-state index contributed by atoms with van der Waals surface area (Å²) in [6.07, 6.45) is 0.247. The molecule has 1 amide bonds. The lowest BCUT2D eigenvalue weighted by molar-refractivity contribution is -0.120. The molecule has 0 aromatic heterocycles. The molecule has 0 saturated carbocycles. The number of carbonyl (C=O) groups excluding carboxylic acids is 1. The van der Waals surface area contributed by atoms with E-state index in [-0.39, 0.29) is 18.2 Å². The summed E-state index contributed by atoms with van der Waals surface area (Å²) in [4.78, 5) is 12.2. The number of ether oxygens (including phenoxy) is 2. The van der Waals surface area contributed by atoms with Gasteiger partial charge in [-0.1, -0.05) is 35.9 Å². The largest absolute Gasteiger partial charge is 0.494 e. The molecular weight excluding hydrogens is 408 g/mol. The number of nitriles is 1. The highest BCUT2D eigenvalue weighted by Crippen LogP contribution is 2.36. The Hall–Kier alpha value is -2.62. The molecule has 150 valence electrons. The SMILES string of the molecule is CCOc1ccc([C@@H]2CC(=O)NC(SCCOc3ccccc3Cl)=C2C#N)cc1. The molecule has 1 heterocycles. The second-order valence-corrected chi connectivity index (χ2v) is 7.80. The van der Waals surface area contributed by atoms with Crippen LogP contribution in [0.2, 0.25) is 5.02 Å². The van der Waals surface area contributed by atoms with E-state index in [1.54, 1.807) is 12.1 Å². The van der Waals surface area contributed by atoms with E-state index in [1.165, 1.54) is 11.8 Å². The Morgan fingerprint density at radius 3 is 2.66 bits per heavy atom. The van der Waals surface area contributed by atoms with Crippen LogP contribution in [0, 0.1) is 11.3 Å². The van der Waals surface area contributed by atoms with Crippen LogP contribution >= 0.6 is 23.4 Å². The fraction of sp³-hybridized carbons (Fsp3) is 0.273. The Morgan fingerprint density at radius 1 is 1.21 bits per heavy atom. The average Bonchev–Trinajstić information content (AvgIpc) is 2.73. The molecule has 1 aliphatic rings. The second-order valence-electron chi connectivity index (χ2n) is 6.29. The number of hydrogen-bond acceptors (Lipinski definition) is 5. The monoisotopic (exact) mass is 428 g/mol. The first kappa shape index (κ1) is 21.1. The third kappa shape index (κ3) is 5.47. The predicted molar refractivity (Wildman–Crippen MR) is 115 cm³/mol. The first-order valence-electron chi connectivity index (χ1n) is 9.29. The van der Waals surface area contributed by atoms with Gasteiger partial charge in [0.25, 0.3) is 0 Å². The van der Waals surface area contributed by atoms with Crippen LogP contribution in [0.4, 0.5) is 0 Å². The molecule has 0 unspecified atom stereocenters. The Morgan fingerprint density at radius 2 is 1.97 bits per heavy atom. The maximum atomic E-state index is 12.2. The minimum atomic E-state index is -0.267. The molecule has 2 aromatic carbocycles. The molecule has 3 rings (SSSR count). The lowest BCUT2D eigenvalue weighted by Gasteiger charge is -2.25. The van der Waals surface area contributed by atoms with Gasteiger partial charge in [-0.2, -0.15) is 5.26 Å². The van der Waals surface area contributed by atoms with Crippen molar-refractivity contribution in [2.45, 2.75) is 19.3 Å². The molecule has 1 N–H and O–H groups in total. The van der Waals surface area contributed by atoms with Gasteiger partial charge in [-0.15, -0.1) is 11.8 Å². The smallest absolute Gasteiger partial charge is 0.225 e. The van der Waals surface area contributed by atoms with E-state index < -0.39 is 0 Å². The number of hydrogen-bond donors (Lipinski definition) is 1. The number of nitrogens with zero attached hydrogens (tertiary/aromatic N) is 1. The van der Waals surface area contributed by atoms with Gasteiger partial charge < -0.3 is 14.8 Å². The summed E-state index contributed by atoms with van der Waals surface area (Å²) in [5.41, 5.74) is 1.49. The number of carbonyl (C=O) groups is 1. The molecule has 0 bridgehead atoms. The van der Waals surface area contributed by atoms with Gasteiger partial charge in [0.05, 0.1) is 34.9 Å². The minimum Gasteiger partial charge on any atom is -0.494 e. The molecule has 1 atom stereocenters. The van der Waals surface area contributed by atoms with Crippen LogP contribution in [0.5, 0.6) is 11.5 Å². The standard InChI is InChI=1S/C22H21ClN2O3S/c1-2-27-16-9-7-15(8-10-16)17-13-21(26)25-22(18(17)14-24)29-12-11-28-20-6-4-3-5-19(20)23/h3-10,17H,2,11-13H2,1H3,(H,25,26)/t17-/m0/s1. The number of amides is 1. The highest BCUT2D eigenvalue weighted by Gasteiger charge is 2.29.